The molecule has 0 unspecified atom stereocenters. The van der Waals surface area contributed by atoms with Crippen LogP contribution in [0.4, 0.5) is 0 Å². The smallest absolute Gasteiger partial charge is 0.239 e. The third-order valence-corrected chi connectivity index (χ3v) is 4.37. The first-order chi connectivity index (χ1) is 13.3. The SMILES string of the molecule is COc1ccc(-c2nnc3c4ccccc4c(OCCCCO)nn23)cc1. The second-order valence-electron chi connectivity index (χ2n) is 6.12. The number of hydrogen-bond acceptors (Lipinski definition) is 6. The van der Waals surface area contributed by atoms with E-state index in [2.05, 4.69) is 15.3 Å². The Bertz CT molecular complexity index is 1060. The molecule has 7 nitrogen and oxygen atoms in total. The molecule has 4 aromatic rings. The van der Waals surface area contributed by atoms with Gasteiger partial charge < -0.3 is 14.6 Å². The van der Waals surface area contributed by atoms with Crippen LogP contribution in [0.1, 0.15) is 12.8 Å². The number of aromatic nitrogens is 4. The van der Waals surface area contributed by atoms with Gasteiger partial charge >= 0.3 is 0 Å². The Kier molecular flexibility index (Phi) is 4.84. The number of aliphatic hydroxyl groups is 1. The largest absolute Gasteiger partial charge is 0.497 e. The number of unbranched alkanes of at least 4 members (excludes halogenated alkanes) is 1. The molecular weight excluding hydrogens is 344 g/mol. The Hall–Kier alpha value is -3.19. The first-order valence-electron chi connectivity index (χ1n) is 8.84. The summed E-state index contributed by atoms with van der Waals surface area (Å²) in [5.41, 5.74) is 1.57. The fourth-order valence-corrected chi connectivity index (χ4v) is 2.96. The van der Waals surface area contributed by atoms with Gasteiger partial charge in [-0.2, -0.15) is 4.52 Å². The lowest BCUT2D eigenvalue weighted by molar-refractivity contribution is 0.249. The normalized spacial score (nSPS) is 11.2. The van der Waals surface area contributed by atoms with Crippen LogP contribution in [0.25, 0.3) is 27.8 Å². The van der Waals surface area contributed by atoms with Crippen molar-refractivity contribution >= 4 is 16.4 Å². The fourth-order valence-electron chi connectivity index (χ4n) is 2.96. The molecule has 1 N–H and O–H groups in total. The topological polar surface area (TPSA) is 81.8 Å². The van der Waals surface area contributed by atoms with E-state index < -0.39 is 0 Å². The van der Waals surface area contributed by atoms with E-state index in [4.69, 9.17) is 14.6 Å². The number of fused-ring (bicyclic) bond motifs is 3. The molecule has 2 aromatic heterocycles. The molecule has 0 radical (unpaired) electrons. The van der Waals surface area contributed by atoms with E-state index in [1.54, 1.807) is 11.6 Å². The van der Waals surface area contributed by atoms with Gasteiger partial charge in [0.1, 0.15) is 5.75 Å². The summed E-state index contributed by atoms with van der Waals surface area (Å²) >= 11 is 0. The molecule has 0 atom stereocenters. The highest BCUT2D eigenvalue weighted by Gasteiger charge is 2.16. The van der Waals surface area contributed by atoms with Gasteiger partial charge in [0.05, 0.1) is 13.7 Å². The zero-order chi connectivity index (χ0) is 18.6. The minimum atomic E-state index is 0.156. The maximum absolute atomic E-state index is 8.95. The van der Waals surface area contributed by atoms with E-state index in [1.807, 2.05) is 48.5 Å². The van der Waals surface area contributed by atoms with E-state index in [1.165, 1.54) is 0 Å². The lowest BCUT2D eigenvalue weighted by Gasteiger charge is -2.10. The minimum Gasteiger partial charge on any atom is -0.497 e. The standard InChI is InChI=1S/C20H20N4O3/c1-26-15-10-8-14(9-11-15)18-21-22-19-16-6-2-3-7-17(16)20(23-24(18)19)27-13-5-4-12-25/h2-3,6-11,25H,4-5,12-13H2,1H3. The fraction of sp³-hybridized carbons (Fsp3) is 0.250. The molecule has 0 amide bonds. The molecule has 27 heavy (non-hydrogen) atoms. The maximum atomic E-state index is 8.95. The highest BCUT2D eigenvalue weighted by atomic mass is 16.5. The Balaban J connectivity index is 1.81. The molecule has 138 valence electrons. The second kappa shape index (κ2) is 7.59. The van der Waals surface area contributed by atoms with Crippen molar-refractivity contribution in [3.8, 4) is 23.0 Å². The second-order valence-corrected chi connectivity index (χ2v) is 6.12. The third kappa shape index (κ3) is 3.29. The van der Waals surface area contributed by atoms with Gasteiger partial charge in [0.2, 0.25) is 5.88 Å². The van der Waals surface area contributed by atoms with Crippen molar-refractivity contribution in [3.05, 3.63) is 48.5 Å². The number of ether oxygens (including phenoxy) is 2. The molecule has 0 fully saturated rings. The number of nitrogens with zero attached hydrogens (tertiary/aromatic N) is 4. The van der Waals surface area contributed by atoms with Gasteiger partial charge in [-0.1, -0.05) is 18.2 Å². The highest BCUT2D eigenvalue weighted by Crippen LogP contribution is 2.29. The van der Waals surface area contributed by atoms with Crippen LogP contribution in [0.15, 0.2) is 48.5 Å². The number of benzene rings is 2. The summed E-state index contributed by atoms with van der Waals surface area (Å²) in [5.74, 6) is 1.95. The summed E-state index contributed by atoms with van der Waals surface area (Å²) in [6.07, 6.45) is 1.46. The molecular formula is C20H20N4O3. The predicted molar refractivity (Wildman–Crippen MR) is 102 cm³/mol. The Morgan fingerprint density at radius 3 is 2.48 bits per heavy atom. The van der Waals surface area contributed by atoms with Crippen molar-refractivity contribution in [1.29, 1.82) is 0 Å². The van der Waals surface area contributed by atoms with Crippen molar-refractivity contribution in [2.45, 2.75) is 12.8 Å². The Morgan fingerprint density at radius 2 is 1.74 bits per heavy atom. The Morgan fingerprint density at radius 1 is 0.963 bits per heavy atom. The van der Waals surface area contributed by atoms with Gasteiger partial charge in [0, 0.05) is 22.9 Å². The van der Waals surface area contributed by atoms with Crippen LogP contribution >= 0.6 is 0 Å². The third-order valence-electron chi connectivity index (χ3n) is 4.37. The van der Waals surface area contributed by atoms with Crippen LogP contribution in [0, 0.1) is 0 Å². The van der Waals surface area contributed by atoms with Crippen LogP contribution < -0.4 is 9.47 Å². The predicted octanol–water partition coefficient (Wildman–Crippen LogP) is 3.10. The van der Waals surface area contributed by atoms with Crippen LogP contribution in [0.5, 0.6) is 11.6 Å². The molecule has 0 aliphatic heterocycles. The van der Waals surface area contributed by atoms with Gasteiger partial charge in [-0.05, 0) is 43.2 Å². The maximum Gasteiger partial charge on any atom is 0.239 e. The van der Waals surface area contributed by atoms with Crippen LogP contribution in [-0.2, 0) is 0 Å². The zero-order valence-corrected chi connectivity index (χ0v) is 15.0. The van der Waals surface area contributed by atoms with Crippen molar-refractivity contribution in [2.75, 3.05) is 20.3 Å². The van der Waals surface area contributed by atoms with Crippen molar-refractivity contribution < 1.29 is 14.6 Å². The van der Waals surface area contributed by atoms with Gasteiger partial charge in [-0.25, -0.2) is 0 Å². The van der Waals surface area contributed by atoms with Gasteiger partial charge in [0.25, 0.3) is 0 Å². The molecule has 0 spiro atoms. The lowest BCUT2D eigenvalue weighted by Crippen LogP contribution is -2.05. The molecule has 0 aliphatic carbocycles. The van der Waals surface area contributed by atoms with E-state index >= 15 is 0 Å². The van der Waals surface area contributed by atoms with Crippen molar-refractivity contribution in [2.24, 2.45) is 0 Å². The van der Waals surface area contributed by atoms with Crippen LogP contribution in [-0.4, -0.2) is 45.2 Å². The average molecular weight is 364 g/mol. The Labute approximate surface area is 156 Å². The van der Waals surface area contributed by atoms with Crippen molar-refractivity contribution in [3.63, 3.8) is 0 Å². The van der Waals surface area contributed by atoms with E-state index in [0.29, 0.717) is 30.4 Å². The van der Waals surface area contributed by atoms with E-state index in [9.17, 15) is 0 Å². The molecule has 7 heteroatoms. The van der Waals surface area contributed by atoms with Gasteiger partial charge in [-0.15, -0.1) is 15.3 Å². The lowest BCUT2D eigenvalue weighted by atomic mass is 10.2. The summed E-state index contributed by atoms with van der Waals surface area (Å²) in [6.45, 7) is 0.646. The highest BCUT2D eigenvalue weighted by molar-refractivity contribution is 5.97. The minimum absolute atomic E-state index is 0.156. The molecule has 0 aliphatic rings. The summed E-state index contributed by atoms with van der Waals surface area (Å²) in [5, 5.41) is 24.1. The number of aliphatic hydroxyl groups excluding tert-OH is 1. The first-order valence-corrected chi connectivity index (χ1v) is 8.84. The van der Waals surface area contributed by atoms with E-state index in [0.717, 1.165) is 28.5 Å². The summed E-state index contributed by atoms with van der Waals surface area (Å²) in [6, 6.07) is 15.5. The number of rotatable bonds is 7. The first kappa shape index (κ1) is 17.2. The molecule has 2 aromatic carbocycles. The van der Waals surface area contributed by atoms with Gasteiger partial charge in [0.15, 0.2) is 11.5 Å². The molecule has 0 saturated carbocycles. The monoisotopic (exact) mass is 364 g/mol. The summed E-state index contributed by atoms with van der Waals surface area (Å²) in [4.78, 5) is 0. The number of hydrogen-bond donors (Lipinski definition) is 1. The van der Waals surface area contributed by atoms with Crippen molar-refractivity contribution in [1.82, 2.24) is 19.8 Å². The molecule has 0 saturated heterocycles. The summed E-state index contributed by atoms with van der Waals surface area (Å²) in [7, 11) is 1.63. The van der Waals surface area contributed by atoms with E-state index in [-0.39, 0.29) is 6.61 Å². The number of methoxy groups -OCH3 is 1. The summed E-state index contributed by atoms with van der Waals surface area (Å²) < 4.78 is 12.8. The van der Waals surface area contributed by atoms with Crippen LogP contribution in [0.3, 0.4) is 0 Å². The quantitative estimate of drug-likeness (QED) is 0.508. The molecule has 0 bridgehead atoms. The molecule has 4 rings (SSSR count). The van der Waals surface area contributed by atoms with Crippen LogP contribution in [0.2, 0.25) is 0 Å². The average Bonchev–Trinajstić information content (AvgIpc) is 3.15. The zero-order valence-electron chi connectivity index (χ0n) is 15.0. The van der Waals surface area contributed by atoms with Gasteiger partial charge in [-0.3, -0.25) is 0 Å². The molecule has 2 heterocycles.